The number of aromatic amines is 1. The summed E-state index contributed by atoms with van der Waals surface area (Å²) in [6.07, 6.45) is 1.81. The van der Waals surface area contributed by atoms with Crippen molar-refractivity contribution in [2.75, 3.05) is 0 Å². The average molecular weight is 168 g/mol. The Morgan fingerprint density at radius 3 is 3.30 bits per heavy atom. The molecule has 0 bridgehead atoms. The van der Waals surface area contributed by atoms with Crippen molar-refractivity contribution in [1.82, 2.24) is 9.97 Å². The van der Waals surface area contributed by atoms with Crippen LogP contribution >= 0.6 is 23.6 Å². The normalized spacial score (nSPS) is 10.4. The number of thiazole rings is 1. The van der Waals surface area contributed by atoms with Gasteiger partial charge >= 0.3 is 0 Å². The quantitative estimate of drug-likeness (QED) is 0.612. The number of fused-ring (bicyclic) bond motifs is 1. The Kier molecular flexibility index (Phi) is 1.28. The van der Waals surface area contributed by atoms with Gasteiger partial charge in [0, 0.05) is 6.20 Å². The van der Waals surface area contributed by atoms with E-state index in [-0.39, 0.29) is 0 Å². The monoisotopic (exact) mass is 168 g/mol. The summed E-state index contributed by atoms with van der Waals surface area (Å²) in [6.45, 7) is 0. The molecule has 1 N–H and O–H groups in total. The molecule has 0 aliphatic rings. The van der Waals surface area contributed by atoms with Crippen LogP contribution in [-0.2, 0) is 0 Å². The van der Waals surface area contributed by atoms with Gasteiger partial charge in [0.1, 0.15) is 4.64 Å². The van der Waals surface area contributed by atoms with Crippen molar-refractivity contribution in [3.63, 3.8) is 0 Å². The van der Waals surface area contributed by atoms with E-state index >= 15 is 0 Å². The summed E-state index contributed by atoms with van der Waals surface area (Å²) in [4.78, 5) is 7.06. The fourth-order valence-corrected chi connectivity index (χ4v) is 1.80. The molecule has 2 aromatic rings. The minimum absolute atomic E-state index is 0.778. The second-order valence-corrected chi connectivity index (χ2v) is 3.14. The minimum atomic E-state index is 0.778. The van der Waals surface area contributed by atoms with Gasteiger partial charge < -0.3 is 4.98 Å². The molecule has 0 fully saturated rings. The first-order valence-corrected chi connectivity index (χ1v) is 4.07. The van der Waals surface area contributed by atoms with Crippen LogP contribution in [0.2, 0.25) is 0 Å². The van der Waals surface area contributed by atoms with Gasteiger partial charge in [-0.15, -0.1) is 11.3 Å². The molecule has 2 heterocycles. The lowest BCUT2D eigenvalue weighted by Gasteiger charge is -1.84. The van der Waals surface area contributed by atoms with Gasteiger partial charge in [-0.3, -0.25) is 0 Å². The zero-order valence-corrected chi connectivity index (χ0v) is 6.63. The fourth-order valence-electron chi connectivity index (χ4n) is 0.805. The molecule has 50 valence electrons. The molecule has 0 aliphatic carbocycles. The maximum Gasteiger partial charge on any atom is 0.122 e. The van der Waals surface area contributed by atoms with Crippen molar-refractivity contribution in [3.8, 4) is 0 Å². The van der Waals surface area contributed by atoms with Crippen LogP contribution in [0.4, 0.5) is 0 Å². The van der Waals surface area contributed by atoms with Crippen LogP contribution in [-0.4, -0.2) is 9.97 Å². The van der Waals surface area contributed by atoms with Gasteiger partial charge in [0.15, 0.2) is 0 Å². The molecule has 0 atom stereocenters. The number of pyridine rings is 1. The minimum Gasteiger partial charge on any atom is -0.352 e. The third-order valence-corrected chi connectivity index (χ3v) is 2.57. The number of hydrogen-bond donors (Lipinski definition) is 1. The van der Waals surface area contributed by atoms with Gasteiger partial charge in [-0.05, 0) is 6.07 Å². The first-order valence-electron chi connectivity index (χ1n) is 2.79. The van der Waals surface area contributed by atoms with E-state index in [1.54, 1.807) is 16.8 Å². The van der Waals surface area contributed by atoms with Crippen LogP contribution in [0.3, 0.4) is 0 Å². The molecule has 0 radical (unpaired) electrons. The SMILES string of the molecule is S=c1[nH]ccc2ncsc12. The summed E-state index contributed by atoms with van der Waals surface area (Å²) < 4.78 is 1.84. The van der Waals surface area contributed by atoms with Crippen LogP contribution in [0.15, 0.2) is 17.8 Å². The number of aromatic nitrogens is 2. The summed E-state index contributed by atoms with van der Waals surface area (Å²) in [6, 6.07) is 1.92. The highest BCUT2D eigenvalue weighted by atomic mass is 32.1. The molecule has 10 heavy (non-hydrogen) atoms. The Labute approximate surface area is 66.6 Å². The summed E-state index contributed by atoms with van der Waals surface area (Å²) in [5.74, 6) is 0. The molecule has 2 nitrogen and oxygen atoms in total. The molecule has 0 spiro atoms. The molecule has 4 heteroatoms. The Morgan fingerprint density at radius 2 is 2.50 bits per heavy atom. The summed E-state index contributed by atoms with van der Waals surface area (Å²) >= 11 is 6.59. The van der Waals surface area contributed by atoms with E-state index in [2.05, 4.69) is 9.97 Å². The van der Waals surface area contributed by atoms with Crippen LogP contribution in [0, 0.1) is 4.64 Å². The van der Waals surface area contributed by atoms with Gasteiger partial charge in [0.2, 0.25) is 0 Å². The zero-order chi connectivity index (χ0) is 6.97. The lowest BCUT2D eigenvalue weighted by atomic mass is 10.4. The Hall–Kier alpha value is -0.740. The van der Waals surface area contributed by atoms with E-state index in [1.165, 1.54) is 0 Å². The average Bonchev–Trinajstić information content (AvgIpc) is 2.36. The molecular formula is C6H4N2S2. The van der Waals surface area contributed by atoms with E-state index < -0.39 is 0 Å². The highest BCUT2D eigenvalue weighted by Crippen LogP contribution is 2.16. The Balaban J connectivity index is 3.09. The third-order valence-electron chi connectivity index (χ3n) is 1.26. The largest absolute Gasteiger partial charge is 0.352 e. The summed E-state index contributed by atoms with van der Waals surface area (Å²) in [7, 11) is 0. The molecule has 0 saturated carbocycles. The Morgan fingerprint density at radius 1 is 1.60 bits per heavy atom. The molecule has 2 rings (SSSR count). The van der Waals surface area contributed by atoms with Crippen LogP contribution < -0.4 is 0 Å². The number of nitrogens with zero attached hydrogens (tertiary/aromatic N) is 1. The van der Waals surface area contributed by atoms with Gasteiger partial charge in [-0.2, -0.15) is 0 Å². The molecule has 0 aliphatic heterocycles. The fraction of sp³-hybridized carbons (Fsp3) is 0. The van der Waals surface area contributed by atoms with Crippen molar-refractivity contribution in [1.29, 1.82) is 0 Å². The third kappa shape index (κ3) is 0.767. The first-order chi connectivity index (χ1) is 4.88. The van der Waals surface area contributed by atoms with Gasteiger partial charge in [-0.25, -0.2) is 4.98 Å². The van der Waals surface area contributed by atoms with Crippen molar-refractivity contribution in [2.45, 2.75) is 0 Å². The molecule has 0 amide bonds. The standard InChI is InChI=1S/C6H4N2S2/c9-6-5-4(1-2-7-6)8-3-10-5/h1-3H,(H,7,9). The second kappa shape index (κ2) is 2.14. The molecule has 0 saturated heterocycles. The number of rotatable bonds is 0. The lowest BCUT2D eigenvalue weighted by Crippen LogP contribution is -1.71. The highest BCUT2D eigenvalue weighted by molar-refractivity contribution is 7.71. The molecule has 0 unspecified atom stereocenters. The van der Waals surface area contributed by atoms with Gasteiger partial charge in [0.25, 0.3) is 0 Å². The molecule has 0 aromatic carbocycles. The highest BCUT2D eigenvalue weighted by Gasteiger charge is 1.94. The van der Waals surface area contributed by atoms with Crippen molar-refractivity contribution in [3.05, 3.63) is 22.4 Å². The lowest BCUT2D eigenvalue weighted by molar-refractivity contribution is 1.33. The number of nitrogens with one attached hydrogen (secondary N) is 1. The van der Waals surface area contributed by atoms with Crippen LogP contribution in [0.1, 0.15) is 0 Å². The molecule has 2 aromatic heterocycles. The smallest absolute Gasteiger partial charge is 0.122 e. The first kappa shape index (κ1) is 6.00. The maximum absolute atomic E-state index is 5.02. The number of hydrogen-bond acceptors (Lipinski definition) is 3. The summed E-state index contributed by atoms with van der Waals surface area (Å²) in [5.41, 5.74) is 2.78. The maximum atomic E-state index is 5.02. The van der Waals surface area contributed by atoms with Crippen molar-refractivity contribution < 1.29 is 0 Å². The Bertz CT molecular complexity index is 401. The topological polar surface area (TPSA) is 28.7 Å². The van der Waals surface area contributed by atoms with Gasteiger partial charge in [0.05, 0.1) is 15.7 Å². The zero-order valence-electron chi connectivity index (χ0n) is 5.00. The van der Waals surface area contributed by atoms with E-state index in [1.807, 2.05) is 12.3 Å². The van der Waals surface area contributed by atoms with Crippen molar-refractivity contribution >= 4 is 33.8 Å². The van der Waals surface area contributed by atoms with Crippen LogP contribution in [0.25, 0.3) is 10.2 Å². The number of H-pyrrole nitrogens is 1. The van der Waals surface area contributed by atoms with E-state index in [9.17, 15) is 0 Å². The van der Waals surface area contributed by atoms with E-state index in [0.717, 1.165) is 14.9 Å². The van der Waals surface area contributed by atoms with E-state index in [4.69, 9.17) is 12.2 Å². The summed E-state index contributed by atoms with van der Waals surface area (Å²) in [5, 5.41) is 0. The molecular weight excluding hydrogens is 164 g/mol. The van der Waals surface area contributed by atoms with Crippen molar-refractivity contribution in [2.24, 2.45) is 0 Å². The van der Waals surface area contributed by atoms with E-state index in [0.29, 0.717) is 0 Å². The predicted molar refractivity (Wildman–Crippen MR) is 44.8 cm³/mol. The predicted octanol–water partition coefficient (Wildman–Crippen LogP) is 2.35. The van der Waals surface area contributed by atoms with Crippen LogP contribution in [0.5, 0.6) is 0 Å². The van der Waals surface area contributed by atoms with Gasteiger partial charge in [-0.1, -0.05) is 12.2 Å². The second-order valence-electron chi connectivity index (χ2n) is 1.87.